The minimum absolute atomic E-state index is 0.0698. The molecule has 0 bridgehead atoms. The molecule has 3 heterocycles. The fourth-order valence-corrected chi connectivity index (χ4v) is 5.91. The molecular weight excluding hydrogens is 407 g/mol. The van der Waals surface area contributed by atoms with Crippen molar-refractivity contribution in [1.29, 1.82) is 5.26 Å². The summed E-state index contributed by atoms with van der Waals surface area (Å²) in [6.45, 7) is 6.63. The van der Waals surface area contributed by atoms with E-state index in [2.05, 4.69) is 68.1 Å². The van der Waals surface area contributed by atoms with E-state index < -0.39 is 0 Å². The van der Waals surface area contributed by atoms with Crippen molar-refractivity contribution in [3.8, 4) is 29.1 Å². The lowest BCUT2D eigenvalue weighted by Gasteiger charge is -2.44. The largest absolute Gasteiger partial charge is 0.453 e. The van der Waals surface area contributed by atoms with Crippen LogP contribution in [0.25, 0.3) is 0 Å². The van der Waals surface area contributed by atoms with Crippen LogP contribution in [0.15, 0.2) is 60.7 Å². The van der Waals surface area contributed by atoms with Crippen LogP contribution in [0.2, 0.25) is 0 Å². The van der Waals surface area contributed by atoms with Gasteiger partial charge in [-0.3, -0.25) is 4.90 Å². The van der Waals surface area contributed by atoms with E-state index in [1.165, 1.54) is 33.1 Å². The number of hydrogen-bond donors (Lipinski definition) is 0. The van der Waals surface area contributed by atoms with Crippen LogP contribution in [0.1, 0.15) is 22.3 Å². The molecule has 0 radical (unpaired) electrons. The maximum absolute atomic E-state index is 9.54. The van der Waals surface area contributed by atoms with Crippen LogP contribution in [0.3, 0.4) is 0 Å². The molecule has 156 valence electrons. The van der Waals surface area contributed by atoms with Gasteiger partial charge >= 0.3 is 0 Å². The monoisotopic (exact) mass is 426 g/mol. The van der Waals surface area contributed by atoms with E-state index in [0.717, 1.165) is 28.6 Å². The third-order valence-electron chi connectivity index (χ3n) is 6.99. The standard InChI is InChI=1S/C28H19BN2O2/c1-15-10-16(2)25(17(3)11-15)29-19-6-4-8-21-26(19)31-27-20(29)7-5-9-22(27)33-24-13-18(14-30)12-23(32-21)28(24)31/h4-13H,1-3H3. The molecule has 0 atom stereocenters. The molecule has 0 spiro atoms. The van der Waals surface area contributed by atoms with Gasteiger partial charge in [-0.05, 0) is 43.8 Å². The van der Waals surface area contributed by atoms with Crippen LogP contribution < -0.4 is 30.8 Å². The first kappa shape index (κ1) is 18.4. The summed E-state index contributed by atoms with van der Waals surface area (Å²) in [5.41, 5.74) is 11.1. The maximum Gasteiger partial charge on any atom is 0.247 e. The smallest absolute Gasteiger partial charge is 0.247 e. The number of aryl methyl sites for hydroxylation is 3. The van der Waals surface area contributed by atoms with Gasteiger partial charge in [0.25, 0.3) is 0 Å². The molecule has 5 heteroatoms. The molecule has 4 aromatic rings. The molecule has 0 N–H and O–H groups in total. The summed E-state index contributed by atoms with van der Waals surface area (Å²) < 4.78 is 12.8. The van der Waals surface area contributed by atoms with Crippen molar-refractivity contribution in [3.63, 3.8) is 0 Å². The van der Waals surface area contributed by atoms with Crippen molar-refractivity contribution in [2.45, 2.75) is 20.8 Å². The zero-order valence-corrected chi connectivity index (χ0v) is 18.6. The van der Waals surface area contributed by atoms with Gasteiger partial charge in [-0.15, -0.1) is 0 Å². The van der Waals surface area contributed by atoms with Crippen LogP contribution in [0, 0.1) is 32.1 Å². The highest BCUT2D eigenvalue weighted by Gasteiger charge is 2.45. The normalized spacial score (nSPS) is 13.6. The molecule has 4 nitrogen and oxygen atoms in total. The second kappa shape index (κ2) is 6.21. The van der Waals surface area contributed by atoms with Gasteiger partial charge in [0.15, 0.2) is 23.0 Å². The van der Waals surface area contributed by atoms with E-state index >= 15 is 0 Å². The highest BCUT2D eigenvalue weighted by atomic mass is 16.5. The predicted octanol–water partition coefficient (Wildman–Crippen LogP) is 4.99. The van der Waals surface area contributed by atoms with E-state index in [1.54, 1.807) is 12.1 Å². The van der Waals surface area contributed by atoms with Gasteiger partial charge in [0.1, 0.15) is 5.69 Å². The average molecular weight is 426 g/mol. The molecule has 0 saturated heterocycles. The summed E-state index contributed by atoms with van der Waals surface area (Å²) in [5.74, 6) is 2.90. The van der Waals surface area contributed by atoms with Gasteiger partial charge in [0, 0.05) is 12.1 Å². The Morgan fingerprint density at radius 1 is 0.727 bits per heavy atom. The highest BCUT2D eigenvalue weighted by molar-refractivity contribution is 6.98. The first-order valence-corrected chi connectivity index (χ1v) is 11.1. The van der Waals surface area contributed by atoms with E-state index in [1.807, 2.05) is 12.1 Å². The van der Waals surface area contributed by atoms with Gasteiger partial charge in [-0.2, -0.15) is 5.26 Å². The van der Waals surface area contributed by atoms with E-state index in [-0.39, 0.29) is 6.71 Å². The molecule has 0 aromatic heterocycles. The molecule has 3 aliphatic rings. The van der Waals surface area contributed by atoms with Crippen molar-refractivity contribution in [1.82, 2.24) is 0 Å². The molecule has 4 aromatic carbocycles. The van der Waals surface area contributed by atoms with Crippen LogP contribution in [0.4, 0.5) is 17.1 Å². The summed E-state index contributed by atoms with van der Waals surface area (Å²) in [7, 11) is 0. The van der Waals surface area contributed by atoms with E-state index in [4.69, 9.17) is 9.47 Å². The molecule has 0 fully saturated rings. The number of ether oxygens (including phenoxy) is 2. The molecule has 0 amide bonds. The lowest BCUT2D eigenvalue weighted by molar-refractivity contribution is 0.446. The van der Waals surface area contributed by atoms with Gasteiger partial charge in [0.2, 0.25) is 6.71 Å². The molecule has 33 heavy (non-hydrogen) atoms. The molecule has 0 saturated carbocycles. The Bertz CT molecular complexity index is 1480. The van der Waals surface area contributed by atoms with Crippen molar-refractivity contribution < 1.29 is 9.47 Å². The first-order chi connectivity index (χ1) is 16.0. The van der Waals surface area contributed by atoms with E-state index in [0.29, 0.717) is 17.1 Å². The minimum atomic E-state index is 0.0698. The molecule has 0 unspecified atom stereocenters. The molecule has 0 aliphatic carbocycles. The van der Waals surface area contributed by atoms with Crippen molar-refractivity contribution in [2.75, 3.05) is 4.90 Å². The number of rotatable bonds is 1. The van der Waals surface area contributed by atoms with Crippen LogP contribution in [-0.2, 0) is 0 Å². The second-order valence-electron chi connectivity index (χ2n) is 9.11. The van der Waals surface area contributed by atoms with Gasteiger partial charge in [-0.25, -0.2) is 0 Å². The van der Waals surface area contributed by atoms with Crippen molar-refractivity contribution in [2.24, 2.45) is 0 Å². The first-order valence-electron chi connectivity index (χ1n) is 11.1. The van der Waals surface area contributed by atoms with Crippen LogP contribution in [-0.4, -0.2) is 6.71 Å². The molecular formula is C28H19BN2O2. The predicted molar refractivity (Wildman–Crippen MR) is 131 cm³/mol. The Morgan fingerprint density at radius 2 is 1.27 bits per heavy atom. The minimum Gasteiger partial charge on any atom is -0.453 e. The third kappa shape index (κ3) is 2.30. The summed E-state index contributed by atoms with van der Waals surface area (Å²) in [6, 6.07) is 22.9. The number of benzene rings is 4. The van der Waals surface area contributed by atoms with Crippen molar-refractivity contribution in [3.05, 3.63) is 82.9 Å². The Kier molecular flexibility index (Phi) is 3.46. The number of nitrogens with zero attached hydrogens (tertiary/aromatic N) is 2. The number of nitriles is 1. The van der Waals surface area contributed by atoms with Crippen LogP contribution in [0.5, 0.6) is 23.0 Å². The SMILES string of the molecule is Cc1cc(C)c(B2c3cccc4c3N3c5c(cc(C#N)cc5Oc5cccc2c53)O4)c(C)c1. The number of hydrogen-bond acceptors (Lipinski definition) is 4. The average Bonchev–Trinajstić information content (AvgIpc) is 2.79. The summed E-state index contributed by atoms with van der Waals surface area (Å²) in [5, 5.41) is 9.54. The summed E-state index contributed by atoms with van der Waals surface area (Å²) >= 11 is 0. The van der Waals surface area contributed by atoms with Gasteiger partial charge in [-0.1, -0.05) is 58.6 Å². The topological polar surface area (TPSA) is 45.5 Å². The molecule has 3 aliphatic heterocycles. The maximum atomic E-state index is 9.54. The Labute approximate surface area is 192 Å². The summed E-state index contributed by atoms with van der Waals surface area (Å²) in [4.78, 5) is 2.28. The Balaban J connectivity index is 1.60. The number of para-hydroxylation sites is 2. The summed E-state index contributed by atoms with van der Waals surface area (Å²) in [6.07, 6.45) is 0. The fraction of sp³-hybridized carbons (Fsp3) is 0.107. The van der Waals surface area contributed by atoms with Gasteiger partial charge < -0.3 is 9.47 Å². The highest BCUT2D eigenvalue weighted by Crippen LogP contribution is 2.60. The van der Waals surface area contributed by atoms with Crippen molar-refractivity contribution >= 4 is 40.2 Å². The Hall–Kier alpha value is -4.17. The lowest BCUT2D eigenvalue weighted by atomic mass is 9.33. The lowest BCUT2D eigenvalue weighted by Crippen LogP contribution is -2.59. The zero-order chi connectivity index (χ0) is 22.4. The Morgan fingerprint density at radius 3 is 1.79 bits per heavy atom. The number of anilines is 3. The van der Waals surface area contributed by atoms with Crippen LogP contribution >= 0.6 is 0 Å². The zero-order valence-electron chi connectivity index (χ0n) is 18.6. The second-order valence-corrected chi connectivity index (χ2v) is 9.11. The molecule has 7 rings (SSSR count). The fourth-order valence-electron chi connectivity index (χ4n) is 5.91. The quantitative estimate of drug-likeness (QED) is 0.347. The van der Waals surface area contributed by atoms with Gasteiger partial charge in [0.05, 0.1) is 23.0 Å². The third-order valence-corrected chi connectivity index (χ3v) is 6.99. The van der Waals surface area contributed by atoms with E-state index in [9.17, 15) is 5.26 Å².